The van der Waals surface area contributed by atoms with E-state index in [0.29, 0.717) is 5.65 Å². The van der Waals surface area contributed by atoms with Gasteiger partial charge in [-0.25, -0.2) is 0 Å². The van der Waals surface area contributed by atoms with Crippen LogP contribution in [-0.4, -0.2) is 37.6 Å². The molecule has 2 N–H and O–H groups in total. The first kappa shape index (κ1) is 14.1. The average Bonchev–Trinajstić information content (AvgIpc) is 3.29. The van der Waals surface area contributed by atoms with E-state index in [1.807, 2.05) is 42.5 Å². The highest BCUT2D eigenvalue weighted by molar-refractivity contribution is 5.59. The van der Waals surface area contributed by atoms with Crippen LogP contribution in [0.1, 0.15) is 19.8 Å². The number of aliphatic hydroxyl groups excluding tert-OH is 1. The van der Waals surface area contributed by atoms with Gasteiger partial charge in [0.05, 0.1) is 6.61 Å². The SMILES string of the molecule is CC(Nc1ccc2nnc(-c3ccccc3)n2n1)C1(CO)CC1. The van der Waals surface area contributed by atoms with E-state index in [-0.39, 0.29) is 18.1 Å². The summed E-state index contributed by atoms with van der Waals surface area (Å²) < 4.78 is 1.75. The molecule has 1 aliphatic carbocycles. The highest BCUT2D eigenvalue weighted by atomic mass is 16.3. The highest BCUT2D eigenvalue weighted by Crippen LogP contribution is 2.48. The van der Waals surface area contributed by atoms with Crippen molar-refractivity contribution >= 4 is 11.5 Å². The molecule has 2 heterocycles. The van der Waals surface area contributed by atoms with E-state index in [9.17, 15) is 5.11 Å². The monoisotopic (exact) mass is 309 g/mol. The van der Waals surface area contributed by atoms with Crippen LogP contribution in [-0.2, 0) is 0 Å². The van der Waals surface area contributed by atoms with Crippen LogP contribution in [0, 0.1) is 5.41 Å². The third-order valence-corrected chi connectivity index (χ3v) is 4.78. The minimum atomic E-state index is 0.00604. The molecule has 0 bridgehead atoms. The molecule has 1 atom stereocenters. The molecule has 0 saturated heterocycles. The Balaban J connectivity index is 1.67. The first-order chi connectivity index (χ1) is 11.2. The zero-order valence-corrected chi connectivity index (χ0v) is 13.0. The summed E-state index contributed by atoms with van der Waals surface area (Å²) in [6, 6.07) is 13.9. The van der Waals surface area contributed by atoms with Gasteiger partial charge in [0.1, 0.15) is 5.82 Å². The zero-order chi connectivity index (χ0) is 15.9. The number of rotatable bonds is 5. The van der Waals surface area contributed by atoms with E-state index in [0.717, 1.165) is 30.0 Å². The van der Waals surface area contributed by atoms with Crippen molar-refractivity contribution in [2.45, 2.75) is 25.8 Å². The molecule has 0 amide bonds. The topological polar surface area (TPSA) is 75.3 Å². The van der Waals surface area contributed by atoms with Gasteiger partial charge in [0.25, 0.3) is 0 Å². The number of hydrogen-bond acceptors (Lipinski definition) is 5. The van der Waals surface area contributed by atoms with Gasteiger partial charge in [0.15, 0.2) is 11.5 Å². The van der Waals surface area contributed by atoms with E-state index in [1.165, 1.54) is 0 Å². The van der Waals surface area contributed by atoms with Gasteiger partial charge in [0.2, 0.25) is 0 Å². The van der Waals surface area contributed by atoms with Crippen molar-refractivity contribution in [3.05, 3.63) is 42.5 Å². The third-order valence-electron chi connectivity index (χ3n) is 4.78. The minimum absolute atomic E-state index is 0.00604. The summed E-state index contributed by atoms with van der Waals surface area (Å²) in [7, 11) is 0. The number of fused-ring (bicyclic) bond motifs is 1. The summed E-state index contributed by atoms with van der Waals surface area (Å²) in [6.07, 6.45) is 2.11. The quantitative estimate of drug-likeness (QED) is 0.757. The molecule has 1 fully saturated rings. The second-order valence-corrected chi connectivity index (χ2v) is 6.26. The number of aromatic nitrogens is 4. The molecule has 2 aromatic heterocycles. The number of nitrogens with one attached hydrogen (secondary N) is 1. The molecule has 6 nitrogen and oxygen atoms in total. The summed E-state index contributed by atoms with van der Waals surface area (Å²) in [6.45, 7) is 2.31. The second-order valence-electron chi connectivity index (χ2n) is 6.26. The molecule has 1 aromatic carbocycles. The van der Waals surface area contributed by atoms with E-state index in [1.54, 1.807) is 4.52 Å². The fourth-order valence-electron chi connectivity index (χ4n) is 2.90. The van der Waals surface area contributed by atoms with Crippen LogP contribution in [0.25, 0.3) is 17.0 Å². The van der Waals surface area contributed by atoms with Crippen LogP contribution in [0.15, 0.2) is 42.5 Å². The predicted octanol–water partition coefficient (Wildman–Crippen LogP) is 2.36. The van der Waals surface area contributed by atoms with Crippen molar-refractivity contribution in [1.82, 2.24) is 19.8 Å². The molecule has 3 aromatic rings. The lowest BCUT2D eigenvalue weighted by atomic mass is 9.99. The van der Waals surface area contributed by atoms with E-state index < -0.39 is 0 Å². The number of nitrogens with zero attached hydrogens (tertiary/aromatic N) is 4. The van der Waals surface area contributed by atoms with Crippen LogP contribution in [0.3, 0.4) is 0 Å². The number of anilines is 1. The lowest BCUT2D eigenvalue weighted by molar-refractivity contribution is 0.198. The Morgan fingerprint density at radius 3 is 2.65 bits per heavy atom. The van der Waals surface area contributed by atoms with Gasteiger partial charge in [-0.15, -0.1) is 15.3 Å². The van der Waals surface area contributed by atoms with Gasteiger partial charge in [-0.05, 0) is 31.9 Å². The van der Waals surface area contributed by atoms with Crippen molar-refractivity contribution in [3.8, 4) is 11.4 Å². The van der Waals surface area contributed by atoms with E-state index in [4.69, 9.17) is 0 Å². The number of benzene rings is 1. The van der Waals surface area contributed by atoms with E-state index >= 15 is 0 Å². The lowest BCUT2D eigenvalue weighted by Gasteiger charge is -2.22. The molecule has 0 aliphatic heterocycles. The standard InChI is InChI=1S/C17H19N5O/c1-12(17(11-23)9-10-17)18-14-7-8-15-19-20-16(22(15)21-14)13-5-3-2-4-6-13/h2-8,12,23H,9-11H2,1H3,(H,18,21). The van der Waals surface area contributed by atoms with Crippen molar-refractivity contribution < 1.29 is 5.11 Å². The van der Waals surface area contributed by atoms with Gasteiger partial charge in [0, 0.05) is 17.0 Å². The summed E-state index contributed by atoms with van der Waals surface area (Å²) >= 11 is 0. The second kappa shape index (κ2) is 5.31. The van der Waals surface area contributed by atoms with Gasteiger partial charge in [-0.2, -0.15) is 4.52 Å². The fraction of sp³-hybridized carbons (Fsp3) is 0.353. The molecule has 1 unspecified atom stereocenters. The largest absolute Gasteiger partial charge is 0.396 e. The molecule has 1 saturated carbocycles. The summed E-state index contributed by atoms with van der Waals surface area (Å²) in [5.41, 5.74) is 1.70. The van der Waals surface area contributed by atoms with Crippen LogP contribution in [0.4, 0.5) is 5.82 Å². The summed E-state index contributed by atoms with van der Waals surface area (Å²) in [5.74, 6) is 1.49. The Hall–Kier alpha value is -2.47. The Bertz CT molecular complexity index is 825. The Morgan fingerprint density at radius 2 is 1.96 bits per heavy atom. The summed E-state index contributed by atoms with van der Waals surface area (Å²) in [5, 5.41) is 26.0. The van der Waals surface area contributed by atoms with Gasteiger partial charge in [-0.3, -0.25) is 0 Å². The van der Waals surface area contributed by atoms with Gasteiger partial charge >= 0.3 is 0 Å². The fourth-order valence-corrected chi connectivity index (χ4v) is 2.90. The smallest absolute Gasteiger partial charge is 0.185 e. The number of hydrogen-bond donors (Lipinski definition) is 2. The van der Waals surface area contributed by atoms with Crippen LogP contribution in [0.5, 0.6) is 0 Å². The molecule has 0 spiro atoms. The maximum Gasteiger partial charge on any atom is 0.185 e. The predicted molar refractivity (Wildman–Crippen MR) is 88.1 cm³/mol. The van der Waals surface area contributed by atoms with Crippen LogP contribution >= 0.6 is 0 Å². The molecule has 4 rings (SSSR count). The van der Waals surface area contributed by atoms with Crippen molar-refractivity contribution in [2.24, 2.45) is 5.41 Å². The molecule has 1 aliphatic rings. The van der Waals surface area contributed by atoms with Gasteiger partial charge < -0.3 is 10.4 Å². The minimum Gasteiger partial charge on any atom is -0.396 e. The third kappa shape index (κ3) is 2.45. The lowest BCUT2D eigenvalue weighted by Crippen LogP contribution is -2.30. The molecule has 23 heavy (non-hydrogen) atoms. The van der Waals surface area contributed by atoms with E-state index in [2.05, 4.69) is 27.5 Å². The maximum absolute atomic E-state index is 9.55. The summed E-state index contributed by atoms with van der Waals surface area (Å²) in [4.78, 5) is 0. The molecular weight excluding hydrogens is 290 g/mol. The Kier molecular flexibility index (Phi) is 3.27. The van der Waals surface area contributed by atoms with Crippen molar-refractivity contribution in [1.29, 1.82) is 0 Å². The van der Waals surface area contributed by atoms with Crippen molar-refractivity contribution in [3.63, 3.8) is 0 Å². The molecule has 0 radical (unpaired) electrons. The first-order valence-electron chi connectivity index (χ1n) is 7.87. The Morgan fingerprint density at radius 1 is 1.17 bits per heavy atom. The Labute approximate surface area is 134 Å². The maximum atomic E-state index is 9.55. The van der Waals surface area contributed by atoms with Crippen LogP contribution < -0.4 is 5.32 Å². The highest BCUT2D eigenvalue weighted by Gasteiger charge is 2.47. The van der Waals surface area contributed by atoms with Crippen LogP contribution in [0.2, 0.25) is 0 Å². The first-order valence-corrected chi connectivity index (χ1v) is 7.87. The van der Waals surface area contributed by atoms with Gasteiger partial charge in [-0.1, -0.05) is 30.3 Å². The van der Waals surface area contributed by atoms with Crippen molar-refractivity contribution in [2.75, 3.05) is 11.9 Å². The molecular formula is C17H19N5O. The normalized spacial score (nSPS) is 17.1. The molecule has 6 heteroatoms. The average molecular weight is 309 g/mol. The molecule has 118 valence electrons. The number of aliphatic hydroxyl groups is 1. The zero-order valence-electron chi connectivity index (χ0n) is 13.0.